The van der Waals surface area contributed by atoms with E-state index in [1.54, 1.807) is 6.92 Å². The van der Waals surface area contributed by atoms with Crippen molar-refractivity contribution in [1.29, 1.82) is 0 Å². The van der Waals surface area contributed by atoms with Crippen molar-refractivity contribution in [3.63, 3.8) is 0 Å². The largest absolute Gasteiger partial charge is 0.335 e. The Kier molecular flexibility index (Phi) is 7.28. The molecule has 0 amide bonds. The van der Waals surface area contributed by atoms with Crippen LogP contribution in [0.1, 0.15) is 61.3 Å². The number of nitrogens with zero attached hydrogens (tertiary/aromatic N) is 5. The Hall–Kier alpha value is -3.95. The Bertz CT molecular complexity index is 1360. The molecule has 4 aromatic rings. The molecule has 2 aromatic heterocycles. The molecule has 0 aliphatic heterocycles. The lowest BCUT2D eigenvalue weighted by Crippen LogP contribution is -2.30. The summed E-state index contributed by atoms with van der Waals surface area (Å²) in [6.45, 7) is 3.60. The molecule has 0 fully saturated rings. The number of unbranched alkanes of at least 4 members (excludes halogenated alkanes) is 1. The number of tetrazole rings is 1. The van der Waals surface area contributed by atoms with E-state index < -0.39 is 23.7 Å². The highest BCUT2D eigenvalue weighted by molar-refractivity contribution is 5.80. The summed E-state index contributed by atoms with van der Waals surface area (Å²) >= 11 is 0. The second-order valence-corrected chi connectivity index (χ2v) is 8.18. The predicted octanol–water partition coefficient (Wildman–Crippen LogP) is 4.88. The average Bonchev–Trinajstić information content (AvgIpc) is 3.50. The number of aromatic nitrogens is 6. The SMILES string of the molecule is CCCCc1c(C(F)F)n(C(=O)CC)c(=O)n1Cc1ccc(-c2ccccc2-c2nnn[nH]2)cc1. The molecule has 0 atom stereocenters. The highest BCUT2D eigenvalue weighted by atomic mass is 19.3. The van der Waals surface area contributed by atoms with Gasteiger partial charge in [-0.25, -0.2) is 23.2 Å². The van der Waals surface area contributed by atoms with Crippen LogP contribution in [0.15, 0.2) is 53.3 Å². The van der Waals surface area contributed by atoms with Crippen molar-refractivity contribution in [2.45, 2.75) is 52.5 Å². The van der Waals surface area contributed by atoms with Crippen molar-refractivity contribution in [3.8, 4) is 22.5 Å². The van der Waals surface area contributed by atoms with Crippen molar-refractivity contribution in [1.82, 2.24) is 29.8 Å². The number of rotatable bonds is 9. The second-order valence-electron chi connectivity index (χ2n) is 8.18. The van der Waals surface area contributed by atoms with Gasteiger partial charge < -0.3 is 0 Å². The van der Waals surface area contributed by atoms with E-state index in [0.29, 0.717) is 23.2 Å². The molecule has 0 aliphatic rings. The van der Waals surface area contributed by atoms with Gasteiger partial charge >= 0.3 is 5.69 Å². The molecule has 8 nitrogen and oxygen atoms in total. The third-order valence-corrected chi connectivity index (χ3v) is 5.94. The van der Waals surface area contributed by atoms with Gasteiger partial charge in [0.25, 0.3) is 6.43 Å². The van der Waals surface area contributed by atoms with Crippen molar-refractivity contribution >= 4 is 5.91 Å². The normalized spacial score (nSPS) is 11.3. The van der Waals surface area contributed by atoms with Crippen LogP contribution in [0.5, 0.6) is 0 Å². The molecule has 182 valence electrons. The Labute approximate surface area is 200 Å². The summed E-state index contributed by atoms with van der Waals surface area (Å²) in [5, 5.41) is 14.0. The first-order valence-electron chi connectivity index (χ1n) is 11.5. The van der Waals surface area contributed by atoms with Crippen LogP contribution in [-0.4, -0.2) is 35.7 Å². The number of carbonyl (C=O) groups excluding carboxylic acids is 1. The van der Waals surface area contributed by atoms with E-state index in [1.807, 2.05) is 55.5 Å². The molecule has 2 aromatic carbocycles. The topological polar surface area (TPSA) is 98.5 Å². The number of H-pyrrole nitrogens is 1. The minimum atomic E-state index is -2.92. The predicted molar refractivity (Wildman–Crippen MR) is 127 cm³/mol. The fourth-order valence-corrected chi connectivity index (χ4v) is 4.19. The lowest BCUT2D eigenvalue weighted by atomic mass is 9.98. The number of imidazole rings is 1. The number of aromatic amines is 1. The molecule has 4 rings (SSSR count). The fourth-order valence-electron chi connectivity index (χ4n) is 4.19. The Balaban J connectivity index is 1.72. The highest BCUT2D eigenvalue weighted by Gasteiger charge is 2.28. The minimum Gasteiger partial charge on any atom is -0.291 e. The maximum Gasteiger partial charge on any atom is 0.335 e. The zero-order valence-electron chi connectivity index (χ0n) is 19.5. The van der Waals surface area contributed by atoms with Gasteiger partial charge in [0, 0.05) is 17.7 Å². The van der Waals surface area contributed by atoms with Crippen LogP contribution in [0, 0.1) is 0 Å². The van der Waals surface area contributed by atoms with Gasteiger partial charge in [-0.2, -0.15) is 0 Å². The smallest absolute Gasteiger partial charge is 0.291 e. The molecule has 0 unspecified atom stereocenters. The van der Waals surface area contributed by atoms with Gasteiger partial charge in [-0.05, 0) is 40.0 Å². The summed E-state index contributed by atoms with van der Waals surface area (Å²) in [5.41, 5.74) is 2.44. The Morgan fingerprint density at radius 3 is 2.37 bits per heavy atom. The average molecular weight is 481 g/mol. The van der Waals surface area contributed by atoms with Gasteiger partial charge in [0.1, 0.15) is 5.69 Å². The van der Waals surface area contributed by atoms with E-state index in [2.05, 4.69) is 20.6 Å². The molecule has 0 spiro atoms. The molecule has 0 bridgehead atoms. The maximum absolute atomic E-state index is 14.0. The lowest BCUT2D eigenvalue weighted by molar-refractivity contribution is 0.0863. The summed E-state index contributed by atoms with van der Waals surface area (Å²) in [5.74, 6) is -0.0890. The van der Waals surface area contributed by atoms with E-state index >= 15 is 0 Å². The first-order valence-corrected chi connectivity index (χ1v) is 11.5. The molecule has 0 radical (unpaired) electrons. The Morgan fingerprint density at radius 2 is 1.77 bits per heavy atom. The molecular formula is C25H26F2N6O2. The molecule has 0 saturated carbocycles. The van der Waals surface area contributed by atoms with Gasteiger partial charge in [0.05, 0.1) is 6.54 Å². The van der Waals surface area contributed by atoms with Crippen LogP contribution in [0.2, 0.25) is 0 Å². The second kappa shape index (κ2) is 10.5. The van der Waals surface area contributed by atoms with Crippen LogP contribution >= 0.6 is 0 Å². The van der Waals surface area contributed by atoms with Gasteiger partial charge in [-0.3, -0.25) is 9.36 Å². The summed E-state index contributed by atoms with van der Waals surface area (Å²) < 4.78 is 30.0. The number of alkyl halides is 2. The van der Waals surface area contributed by atoms with E-state index in [0.717, 1.165) is 28.7 Å². The fraction of sp³-hybridized carbons (Fsp3) is 0.320. The van der Waals surface area contributed by atoms with Gasteiger partial charge in [0.15, 0.2) is 5.82 Å². The maximum atomic E-state index is 14.0. The van der Waals surface area contributed by atoms with Crippen molar-refractivity contribution in [2.24, 2.45) is 0 Å². The van der Waals surface area contributed by atoms with Gasteiger partial charge in [-0.15, -0.1) is 5.10 Å². The Morgan fingerprint density at radius 1 is 1.06 bits per heavy atom. The van der Waals surface area contributed by atoms with E-state index in [4.69, 9.17) is 0 Å². The summed E-state index contributed by atoms with van der Waals surface area (Å²) in [7, 11) is 0. The van der Waals surface area contributed by atoms with Crippen molar-refractivity contribution in [2.75, 3.05) is 0 Å². The first-order chi connectivity index (χ1) is 17.0. The first kappa shape index (κ1) is 24.2. The molecule has 1 N–H and O–H groups in total. The van der Waals surface area contributed by atoms with Crippen molar-refractivity contribution in [3.05, 3.63) is 76.0 Å². The zero-order chi connectivity index (χ0) is 24.9. The summed E-state index contributed by atoms with van der Waals surface area (Å²) in [6.07, 6.45) is -1.25. The quantitative estimate of drug-likeness (QED) is 0.368. The molecular weight excluding hydrogens is 454 g/mol. The molecule has 35 heavy (non-hydrogen) atoms. The van der Waals surface area contributed by atoms with Crippen LogP contribution in [0.3, 0.4) is 0 Å². The number of hydrogen-bond acceptors (Lipinski definition) is 5. The monoisotopic (exact) mass is 480 g/mol. The van der Waals surface area contributed by atoms with Crippen LogP contribution < -0.4 is 5.69 Å². The van der Waals surface area contributed by atoms with Crippen LogP contribution in [0.4, 0.5) is 8.78 Å². The van der Waals surface area contributed by atoms with E-state index in [1.165, 1.54) is 4.57 Å². The lowest BCUT2D eigenvalue weighted by Gasteiger charge is -2.11. The van der Waals surface area contributed by atoms with Gasteiger partial charge in [-0.1, -0.05) is 68.8 Å². The van der Waals surface area contributed by atoms with E-state index in [-0.39, 0.29) is 18.7 Å². The third-order valence-electron chi connectivity index (χ3n) is 5.94. The highest BCUT2D eigenvalue weighted by Crippen LogP contribution is 2.30. The number of hydrogen-bond donors (Lipinski definition) is 1. The molecule has 0 saturated heterocycles. The molecule has 0 aliphatic carbocycles. The number of nitrogens with one attached hydrogen (secondary N) is 1. The number of halogens is 2. The standard InChI is InChI=1S/C25H26F2N6O2/c1-3-5-10-20-22(23(26)27)33(21(34)4-2)25(35)32(20)15-16-11-13-17(14-12-16)18-8-6-7-9-19(18)24-28-30-31-29-24/h6-9,11-14,23H,3-5,10,15H2,1-2H3,(H,28,29,30,31). The zero-order valence-corrected chi connectivity index (χ0v) is 19.5. The summed E-state index contributed by atoms with van der Waals surface area (Å²) in [4.78, 5) is 25.5. The van der Waals surface area contributed by atoms with Gasteiger partial charge in [0.2, 0.25) is 5.91 Å². The van der Waals surface area contributed by atoms with E-state index in [9.17, 15) is 18.4 Å². The minimum absolute atomic E-state index is 0.0360. The number of carbonyl (C=O) groups is 1. The van der Waals surface area contributed by atoms with Crippen molar-refractivity contribution < 1.29 is 13.6 Å². The summed E-state index contributed by atoms with van der Waals surface area (Å²) in [6, 6.07) is 15.2. The van der Waals surface area contributed by atoms with Crippen LogP contribution in [0.25, 0.3) is 22.5 Å². The number of benzene rings is 2. The molecule has 10 heteroatoms. The third kappa shape index (κ3) is 4.82. The molecule has 2 heterocycles. The van der Waals surface area contributed by atoms with Crippen LogP contribution in [-0.2, 0) is 13.0 Å².